The van der Waals surface area contributed by atoms with Gasteiger partial charge in [-0.15, -0.1) is 0 Å². The first kappa shape index (κ1) is 15.3. The second-order valence-electron chi connectivity index (χ2n) is 6.07. The highest BCUT2D eigenvalue weighted by molar-refractivity contribution is 6.31. The summed E-state index contributed by atoms with van der Waals surface area (Å²) in [5, 5.41) is 7.21. The summed E-state index contributed by atoms with van der Waals surface area (Å²) in [6, 6.07) is 8.06. The van der Waals surface area contributed by atoms with E-state index < -0.39 is 5.41 Å². The van der Waals surface area contributed by atoms with Crippen molar-refractivity contribution in [3.05, 3.63) is 34.9 Å². The molecular weight excluding hydrogens is 272 g/mol. The predicted molar refractivity (Wildman–Crippen MR) is 83.1 cm³/mol. The molecular formula is C16H23ClN2O. The number of halogens is 1. The lowest BCUT2D eigenvalue weighted by Crippen LogP contribution is -2.55. The quantitative estimate of drug-likeness (QED) is 0.900. The molecule has 3 nitrogen and oxygen atoms in total. The fourth-order valence-electron chi connectivity index (χ4n) is 2.68. The Balaban J connectivity index is 2.13. The van der Waals surface area contributed by atoms with Crippen LogP contribution in [0, 0.1) is 0 Å². The van der Waals surface area contributed by atoms with Gasteiger partial charge < -0.3 is 10.6 Å². The largest absolute Gasteiger partial charge is 0.351 e. The lowest BCUT2D eigenvalue weighted by atomic mass is 9.83. The lowest BCUT2D eigenvalue weighted by Gasteiger charge is -2.34. The van der Waals surface area contributed by atoms with E-state index in [1.54, 1.807) is 0 Å². The fourth-order valence-corrected chi connectivity index (χ4v) is 3.05. The molecule has 0 saturated carbocycles. The van der Waals surface area contributed by atoms with Gasteiger partial charge in [0.1, 0.15) is 0 Å². The SMILES string of the molecule is CC1NCCCC1NC(=O)C(C)(C)c1ccccc1Cl. The molecule has 0 radical (unpaired) electrons. The number of carbonyl (C=O) groups is 1. The van der Waals surface area contributed by atoms with E-state index in [2.05, 4.69) is 17.6 Å². The van der Waals surface area contributed by atoms with Gasteiger partial charge in [0.05, 0.1) is 5.41 Å². The Morgan fingerprint density at radius 2 is 2.10 bits per heavy atom. The monoisotopic (exact) mass is 294 g/mol. The van der Waals surface area contributed by atoms with E-state index in [1.165, 1.54) is 0 Å². The standard InChI is InChI=1S/C16H23ClN2O/c1-11-14(9-6-10-18-11)19-15(20)16(2,3)12-7-4-5-8-13(12)17/h4-5,7-8,11,14,18H,6,9-10H2,1-3H3,(H,19,20). The van der Waals surface area contributed by atoms with E-state index in [0.29, 0.717) is 11.1 Å². The molecule has 2 rings (SSSR count). The summed E-state index contributed by atoms with van der Waals surface area (Å²) in [7, 11) is 0. The van der Waals surface area contributed by atoms with Crippen LogP contribution in [0.3, 0.4) is 0 Å². The normalized spacial score (nSPS) is 23.4. The maximum absolute atomic E-state index is 12.6. The van der Waals surface area contributed by atoms with Crippen LogP contribution in [0.2, 0.25) is 5.02 Å². The fraction of sp³-hybridized carbons (Fsp3) is 0.562. The van der Waals surface area contributed by atoms with Crippen molar-refractivity contribution in [2.24, 2.45) is 0 Å². The van der Waals surface area contributed by atoms with Gasteiger partial charge in [0.15, 0.2) is 0 Å². The molecule has 2 N–H and O–H groups in total. The van der Waals surface area contributed by atoms with Crippen molar-refractivity contribution < 1.29 is 4.79 Å². The van der Waals surface area contributed by atoms with E-state index in [0.717, 1.165) is 24.9 Å². The van der Waals surface area contributed by atoms with Gasteiger partial charge in [-0.1, -0.05) is 29.8 Å². The van der Waals surface area contributed by atoms with Crippen molar-refractivity contribution in [2.45, 2.75) is 51.1 Å². The Morgan fingerprint density at radius 3 is 2.75 bits per heavy atom. The minimum absolute atomic E-state index is 0.0335. The number of nitrogens with one attached hydrogen (secondary N) is 2. The molecule has 2 atom stereocenters. The Labute approximate surface area is 126 Å². The number of piperidine rings is 1. The van der Waals surface area contributed by atoms with Gasteiger partial charge in [0.25, 0.3) is 0 Å². The molecule has 0 aromatic heterocycles. The van der Waals surface area contributed by atoms with Crippen molar-refractivity contribution in [2.75, 3.05) is 6.54 Å². The van der Waals surface area contributed by atoms with E-state index in [-0.39, 0.29) is 11.9 Å². The Morgan fingerprint density at radius 1 is 1.40 bits per heavy atom. The number of hydrogen-bond acceptors (Lipinski definition) is 2. The summed E-state index contributed by atoms with van der Waals surface area (Å²) in [4.78, 5) is 12.6. The summed E-state index contributed by atoms with van der Waals surface area (Å²) in [5.41, 5.74) is 0.241. The molecule has 0 spiro atoms. The minimum atomic E-state index is -0.629. The van der Waals surface area contributed by atoms with Crippen molar-refractivity contribution in [3.63, 3.8) is 0 Å². The molecule has 4 heteroatoms. The Hall–Kier alpha value is -1.06. The molecule has 2 unspecified atom stereocenters. The molecule has 1 saturated heterocycles. The second-order valence-corrected chi connectivity index (χ2v) is 6.48. The third kappa shape index (κ3) is 3.15. The first-order valence-corrected chi connectivity index (χ1v) is 7.60. The highest BCUT2D eigenvalue weighted by Crippen LogP contribution is 2.30. The summed E-state index contributed by atoms with van der Waals surface area (Å²) in [6.07, 6.45) is 2.13. The van der Waals surface area contributed by atoms with E-state index in [9.17, 15) is 4.79 Å². The van der Waals surface area contributed by atoms with Crippen LogP contribution in [0.1, 0.15) is 39.2 Å². The van der Waals surface area contributed by atoms with E-state index in [4.69, 9.17) is 11.6 Å². The molecule has 20 heavy (non-hydrogen) atoms. The average molecular weight is 295 g/mol. The van der Waals surface area contributed by atoms with Gasteiger partial charge in [-0.25, -0.2) is 0 Å². The predicted octanol–water partition coefficient (Wildman–Crippen LogP) is 2.87. The van der Waals surface area contributed by atoms with Crippen molar-refractivity contribution in [1.82, 2.24) is 10.6 Å². The molecule has 0 aliphatic carbocycles. The zero-order valence-corrected chi connectivity index (χ0v) is 13.1. The van der Waals surface area contributed by atoms with Gasteiger partial charge in [-0.05, 0) is 51.8 Å². The summed E-state index contributed by atoms with van der Waals surface area (Å²) in [5.74, 6) is 0.0335. The van der Waals surface area contributed by atoms with Gasteiger partial charge >= 0.3 is 0 Å². The second kappa shape index (κ2) is 6.15. The number of amides is 1. The van der Waals surface area contributed by atoms with Crippen LogP contribution in [-0.2, 0) is 10.2 Å². The van der Waals surface area contributed by atoms with Crippen molar-refractivity contribution >= 4 is 17.5 Å². The molecule has 1 aromatic rings. The van der Waals surface area contributed by atoms with Gasteiger partial charge in [0, 0.05) is 17.1 Å². The molecule has 1 heterocycles. The van der Waals surface area contributed by atoms with Crippen LogP contribution in [0.15, 0.2) is 24.3 Å². The number of benzene rings is 1. The Kier molecular flexibility index (Phi) is 4.71. The third-order valence-corrected chi connectivity index (χ3v) is 4.52. The molecule has 1 aromatic carbocycles. The van der Waals surface area contributed by atoms with Gasteiger partial charge in [-0.3, -0.25) is 4.79 Å². The highest BCUT2D eigenvalue weighted by atomic mass is 35.5. The molecule has 1 amide bonds. The van der Waals surface area contributed by atoms with E-state index in [1.807, 2.05) is 38.1 Å². The average Bonchev–Trinajstić information content (AvgIpc) is 2.41. The lowest BCUT2D eigenvalue weighted by molar-refractivity contribution is -0.126. The molecule has 110 valence electrons. The topological polar surface area (TPSA) is 41.1 Å². The Bertz CT molecular complexity index is 487. The molecule has 1 fully saturated rings. The number of rotatable bonds is 3. The molecule has 1 aliphatic rings. The molecule has 0 bridgehead atoms. The van der Waals surface area contributed by atoms with Crippen LogP contribution >= 0.6 is 11.6 Å². The minimum Gasteiger partial charge on any atom is -0.351 e. The zero-order chi connectivity index (χ0) is 14.8. The first-order chi connectivity index (χ1) is 9.43. The summed E-state index contributed by atoms with van der Waals surface area (Å²) >= 11 is 6.23. The maximum atomic E-state index is 12.6. The highest BCUT2D eigenvalue weighted by Gasteiger charge is 2.34. The van der Waals surface area contributed by atoms with Crippen molar-refractivity contribution in [1.29, 1.82) is 0 Å². The summed E-state index contributed by atoms with van der Waals surface area (Å²) in [6.45, 7) is 6.99. The molecule has 1 aliphatic heterocycles. The number of carbonyl (C=O) groups excluding carboxylic acids is 1. The summed E-state index contributed by atoms with van der Waals surface area (Å²) < 4.78 is 0. The third-order valence-electron chi connectivity index (χ3n) is 4.19. The van der Waals surface area contributed by atoms with Crippen LogP contribution < -0.4 is 10.6 Å². The van der Waals surface area contributed by atoms with E-state index >= 15 is 0 Å². The van der Waals surface area contributed by atoms with Crippen LogP contribution in [0.25, 0.3) is 0 Å². The van der Waals surface area contributed by atoms with Gasteiger partial charge in [0.2, 0.25) is 5.91 Å². The van der Waals surface area contributed by atoms with Crippen LogP contribution in [0.5, 0.6) is 0 Å². The van der Waals surface area contributed by atoms with Crippen LogP contribution in [0.4, 0.5) is 0 Å². The number of hydrogen-bond donors (Lipinski definition) is 2. The smallest absolute Gasteiger partial charge is 0.230 e. The van der Waals surface area contributed by atoms with Gasteiger partial charge in [-0.2, -0.15) is 0 Å². The van der Waals surface area contributed by atoms with Crippen molar-refractivity contribution in [3.8, 4) is 0 Å². The zero-order valence-electron chi connectivity index (χ0n) is 12.4. The first-order valence-electron chi connectivity index (χ1n) is 7.22. The maximum Gasteiger partial charge on any atom is 0.230 e. The van der Waals surface area contributed by atoms with Crippen LogP contribution in [-0.4, -0.2) is 24.5 Å².